The fraction of sp³-hybridized carbons (Fsp3) is 0.0667. The molecule has 0 radical (unpaired) electrons. The number of benzene rings is 2. The van der Waals surface area contributed by atoms with Gasteiger partial charge in [-0.2, -0.15) is 0 Å². The maximum atomic E-state index is 12.1. The highest BCUT2D eigenvalue weighted by atomic mass is 16.5. The monoisotopic (exact) mass is 285 g/mol. The molecular formula is C15H15N3O3. The first-order valence-corrected chi connectivity index (χ1v) is 6.14. The van der Waals surface area contributed by atoms with E-state index >= 15 is 0 Å². The minimum absolute atomic E-state index is 0.0432. The second kappa shape index (κ2) is 5.96. The average Bonchev–Trinajstić information content (AvgIpc) is 2.48. The number of carbonyl (C=O) groups excluding carboxylic acids is 1. The van der Waals surface area contributed by atoms with E-state index in [1.54, 1.807) is 30.3 Å². The first-order valence-electron chi connectivity index (χ1n) is 6.14. The van der Waals surface area contributed by atoms with Gasteiger partial charge in [0.2, 0.25) is 0 Å². The van der Waals surface area contributed by atoms with Crippen LogP contribution in [0.25, 0.3) is 0 Å². The molecule has 5 N–H and O–H groups in total. The van der Waals surface area contributed by atoms with Crippen LogP contribution in [0.5, 0.6) is 11.5 Å². The summed E-state index contributed by atoms with van der Waals surface area (Å²) in [7, 11) is 1.48. The van der Waals surface area contributed by atoms with Gasteiger partial charge in [0.05, 0.1) is 12.7 Å². The second-order valence-corrected chi connectivity index (χ2v) is 4.33. The Balaban J connectivity index is 2.19. The van der Waals surface area contributed by atoms with Crippen LogP contribution in [-0.2, 0) is 0 Å². The van der Waals surface area contributed by atoms with E-state index in [1.807, 2.05) is 0 Å². The van der Waals surface area contributed by atoms with Crippen LogP contribution in [-0.4, -0.2) is 24.0 Å². The summed E-state index contributed by atoms with van der Waals surface area (Å²) in [5, 5.41) is 19.7. The van der Waals surface area contributed by atoms with Crippen LogP contribution in [0.3, 0.4) is 0 Å². The van der Waals surface area contributed by atoms with Gasteiger partial charge >= 0.3 is 0 Å². The van der Waals surface area contributed by atoms with E-state index in [4.69, 9.17) is 15.9 Å². The number of methoxy groups -OCH3 is 1. The fourth-order valence-corrected chi connectivity index (χ4v) is 1.76. The van der Waals surface area contributed by atoms with Crippen molar-refractivity contribution < 1.29 is 14.6 Å². The lowest BCUT2D eigenvalue weighted by Gasteiger charge is -2.09. The largest absolute Gasteiger partial charge is 0.507 e. The highest BCUT2D eigenvalue weighted by Crippen LogP contribution is 2.24. The molecule has 0 atom stereocenters. The molecule has 0 spiro atoms. The first-order chi connectivity index (χ1) is 10.0. The molecule has 0 aliphatic rings. The van der Waals surface area contributed by atoms with Crippen molar-refractivity contribution >= 4 is 17.4 Å². The molecule has 0 fully saturated rings. The van der Waals surface area contributed by atoms with E-state index < -0.39 is 5.91 Å². The van der Waals surface area contributed by atoms with Crippen LogP contribution >= 0.6 is 0 Å². The van der Waals surface area contributed by atoms with Crippen molar-refractivity contribution in [3.05, 3.63) is 53.6 Å². The zero-order chi connectivity index (χ0) is 15.4. The lowest BCUT2D eigenvalue weighted by molar-refractivity contribution is 0.102. The van der Waals surface area contributed by atoms with Crippen molar-refractivity contribution in [1.29, 1.82) is 5.41 Å². The molecule has 0 aliphatic heterocycles. The minimum Gasteiger partial charge on any atom is -0.507 e. The molecule has 2 aromatic carbocycles. The van der Waals surface area contributed by atoms with E-state index in [2.05, 4.69) is 5.32 Å². The molecule has 0 aliphatic carbocycles. The minimum atomic E-state index is -0.457. The molecule has 6 nitrogen and oxygen atoms in total. The summed E-state index contributed by atoms with van der Waals surface area (Å²) < 4.78 is 5.02. The molecule has 0 aromatic heterocycles. The molecule has 2 rings (SSSR count). The first kappa shape index (κ1) is 14.4. The Morgan fingerprint density at radius 2 is 1.90 bits per heavy atom. The Labute approximate surface area is 121 Å². The highest BCUT2D eigenvalue weighted by Gasteiger charge is 2.12. The molecule has 0 heterocycles. The third-order valence-corrected chi connectivity index (χ3v) is 2.90. The Morgan fingerprint density at radius 1 is 1.24 bits per heavy atom. The third-order valence-electron chi connectivity index (χ3n) is 2.90. The number of rotatable bonds is 4. The number of amides is 1. The summed E-state index contributed by atoms with van der Waals surface area (Å²) in [6.45, 7) is 0. The fourth-order valence-electron chi connectivity index (χ4n) is 1.76. The van der Waals surface area contributed by atoms with Gasteiger partial charge in [-0.05, 0) is 42.5 Å². The molecule has 0 saturated carbocycles. The van der Waals surface area contributed by atoms with Gasteiger partial charge in [0.15, 0.2) is 0 Å². The summed E-state index contributed by atoms with van der Waals surface area (Å²) in [5.74, 6) is -0.154. The number of carbonyl (C=O) groups is 1. The number of anilines is 1. The van der Waals surface area contributed by atoms with Gasteiger partial charge in [-0.25, -0.2) is 0 Å². The van der Waals surface area contributed by atoms with E-state index in [-0.39, 0.29) is 17.1 Å². The Kier molecular flexibility index (Phi) is 4.08. The zero-order valence-corrected chi connectivity index (χ0v) is 11.4. The standard InChI is InChI=1S/C15H15N3O3/c1-21-11-6-7-13(19)12(8-11)15(20)18-10-4-2-9(3-5-10)14(16)17/h2-8,19H,1H3,(H3,16,17)(H,18,20). The second-order valence-electron chi connectivity index (χ2n) is 4.33. The molecule has 6 heteroatoms. The summed E-state index contributed by atoms with van der Waals surface area (Å²) in [6.07, 6.45) is 0. The van der Waals surface area contributed by atoms with Crippen LogP contribution in [0.1, 0.15) is 15.9 Å². The molecule has 2 aromatic rings. The molecule has 1 amide bonds. The van der Waals surface area contributed by atoms with E-state index in [9.17, 15) is 9.90 Å². The van der Waals surface area contributed by atoms with Crippen molar-refractivity contribution in [1.82, 2.24) is 0 Å². The molecule has 0 unspecified atom stereocenters. The highest BCUT2D eigenvalue weighted by molar-refractivity contribution is 6.06. The van der Waals surface area contributed by atoms with Gasteiger partial charge in [0.25, 0.3) is 5.91 Å². The topological polar surface area (TPSA) is 108 Å². The van der Waals surface area contributed by atoms with Gasteiger partial charge in [-0.1, -0.05) is 0 Å². The predicted octanol–water partition coefficient (Wildman–Crippen LogP) is 1.94. The summed E-state index contributed by atoms with van der Waals surface area (Å²) >= 11 is 0. The number of nitrogens with two attached hydrogens (primary N) is 1. The lowest BCUT2D eigenvalue weighted by atomic mass is 10.1. The van der Waals surface area contributed by atoms with Crippen LogP contribution in [0, 0.1) is 5.41 Å². The number of amidine groups is 1. The number of ether oxygens (including phenoxy) is 1. The number of aromatic hydroxyl groups is 1. The van der Waals surface area contributed by atoms with Crippen LogP contribution in [0.15, 0.2) is 42.5 Å². The van der Waals surface area contributed by atoms with Crippen LogP contribution in [0.2, 0.25) is 0 Å². The van der Waals surface area contributed by atoms with Gasteiger partial charge in [0.1, 0.15) is 17.3 Å². The van der Waals surface area contributed by atoms with Gasteiger partial charge in [0, 0.05) is 11.3 Å². The predicted molar refractivity (Wildman–Crippen MR) is 80.1 cm³/mol. The summed E-state index contributed by atoms with van der Waals surface area (Å²) in [6, 6.07) is 10.9. The zero-order valence-electron chi connectivity index (χ0n) is 11.4. The van der Waals surface area contributed by atoms with Crippen molar-refractivity contribution in [3.8, 4) is 11.5 Å². The molecule has 108 valence electrons. The third kappa shape index (κ3) is 3.30. The maximum absolute atomic E-state index is 12.1. The number of hydrogen-bond acceptors (Lipinski definition) is 4. The normalized spacial score (nSPS) is 9.95. The molecule has 21 heavy (non-hydrogen) atoms. The van der Waals surface area contributed by atoms with E-state index in [1.165, 1.54) is 19.2 Å². The maximum Gasteiger partial charge on any atom is 0.259 e. The van der Waals surface area contributed by atoms with Gasteiger partial charge in [-0.3, -0.25) is 10.2 Å². The average molecular weight is 285 g/mol. The van der Waals surface area contributed by atoms with Crippen LogP contribution in [0.4, 0.5) is 5.69 Å². The summed E-state index contributed by atoms with van der Waals surface area (Å²) in [4.78, 5) is 12.1. The lowest BCUT2D eigenvalue weighted by Crippen LogP contribution is -2.13. The molecule has 0 saturated heterocycles. The van der Waals surface area contributed by atoms with Crippen LogP contribution < -0.4 is 15.8 Å². The van der Waals surface area contributed by atoms with E-state index in [0.717, 1.165) is 0 Å². The Morgan fingerprint density at radius 3 is 2.48 bits per heavy atom. The van der Waals surface area contributed by atoms with E-state index in [0.29, 0.717) is 17.0 Å². The van der Waals surface area contributed by atoms with Crippen molar-refractivity contribution in [2.45, 2.75) is 0 Å². The Bertz CT molecular complexity index is 681. The number of nitrogen functional groups attached to an aromatic ring is 1. The summed E-state index contributed by atoms with van der Waals surface area (Å²) in [5.41, 5.74) is 6.57. The van der Waals surface area contributed by atoms with Crippen molar-refractivity contribution in [3.63, 3.8) is 0 Å². The number of phenolic OH excluding ortho intramolecular Hbond substituents is 1. The molecular weight excluding hydrogens is 270 g/mol. The Hall–Kier alpha value is -3.02. The van der Waals surface area contributed by atoms with Crippen molar-refractivity contribution in [2.75, 3.05) is 12.4 Å². The van der Waals surface area contributed by atoms with Gasteiger partial charge < -0.3 is 20.9 Å². The van der Waals surface area contributed by atoms with Crippen molar-refractivity contribution in [2.24, 2.45) is 5.73 Å². The smallest absolute Gasteiger partial charge is 0.259 e. The molecule has 0 bridgehead atoms. The number of nitrogens with one attached hydrogen (secondary N) is 2. The number of hydrogen-bond donors (Lipinski definition) is 4. The van der Waals surface area contributed by atoms with Gasteiger partial charge in [-0.15, -0.1) is 0 Å². The quantitative estimate of drug-likeness (QED) is 0.508. The SMILES string of the molecule is COc1ccc(O)c(C(=O)Nc2ccc(C(=N)N)cc2)c1. The number of phenols is 1.